The van der Waals surface area contributed by atoms with Gasteiger partial charge in [0.1, 0.15) is 10.7 Å². The first kappa shape index (κ1) is 13.9. The van der Waals surface area contributed by atoms with Crippen molar-refractivity contribution in [1.82, 2.24) is 9.78 Å². The molecule has 6 heteroatoms. The highest BCUT2D eigenvalue weighted by atomic mass is 35.5. The zero-order valence-corrected chi connectivity index (χ0v) is 12.8. The number of para-hydroxylation sites is 1. The third-order valence-electron chi connectivity index (χ3n) is 2.90. The van der Waals surface area contributed by atoms with Crippen LogP contribution in [0.4, 0.5) is 5.82 Å². The van der Waals surface area contributed by atoms with Gasteiger partial charge >= 0.3 is 0 Å². The smallest absolute Gasteiger partial charge is 0.268 e. The molecular formula is C15H12ClN3OS. The van der Waals surface area contributed by atoms with Gasteiger partial charge in [0.2, 0.25) is 0 Å². The van der Waals surface area contributed by atoms with E-state index in [0.717, 1.165) is 11.4 Å². The first-order chi connectivity index (χ1) is 10.1. The third kappa shape index (κ3) is 2.84. The van der Waals surface area contributed by atoms with Crippen LogP contribution in [0, 0.1) is 6.92 Å². The van der Waals surface area contributed by atoms with Crippen molar-refractivity contribution in [2.75, 3.05) is 5.32 Å². The van der Waals surface area contributed by atoms with E-state index in [9.17, 15) is 4.79 Å². The van der Waals surface area contributed by atoms with Crippen LogP contribution < -0.4 is 5.32 Å². The Balaban J connectivity index is 1.93. The molecule has 1 N–H and O–H groups in total. The van der Waals surface area contributed by atoms with Crippen LogP contribution in [0.5, 0.6) is 0 Å². The first-order valence-corrected chi connectivity index (χ1v) is 7.57. The van der Waals surface area contributed by atoms with E-state index < -0.39 is 0 Å². The van der Waals surface area contributed by atoms with Gasteiger partial charge in [-0.05, 0) is 30.5 Å². The van der Waals surface area contributed by atoms with Crippen molar-refractivity contribution in [1.29, 1.82) is 0 Å². The molecule has 1 amide bonds. The Hall–Kier alpha value is -2.11. The molecule has 4 nitrogen and oxygen atoms in total. The van der Waals surface area contributed by atoms with Crippen molar-refractivity contribution >= 4 is 34.7 Å². The van der Waals surface area contributed by atoms with E-state index in [1.807, 2.05) is 43.3 Å². The number of aryl methyl sites for hydroxylation is 1. The predicted molar refractivity (Wildman–Crippen MR) is 85.6 cm³/mol. The summed E-state index contributed by atoms with van der Waals surface area (Å²) in [5.41, 5.74) is 1.71. The van der Waals surface area contributed by atoms with Gasteiger partial charge in [-0.3, -0.25) is 4.79 Å². The van der Waals surface area contributed by atoms with Crippen molar-refractivity contribution in [3.05, 3.63) is 63.4 Å². The summed E-state index contributed by atoms with van der Waals surface area (Å²) in [6.07, 6.45) is 0. The zero-order valence-electron chi connectivity index (χ0n) is 11.2. The topological polar surface area (TPSA) is 46.9 Å². The summed E-state index contributed by atoms with van der Waals surface area (Å²) in [5.74, 6) is 0.389. The zero-order chi connectivity index (χ0) is 14.8. The van der Waals surface area contributed by atoms with Crippen molar-refractivity contribution in [2.24, 2.45) is 0 Å². The van der Waals surface area contributed by atoms with Gasteiger partial charge < -0.3 is 5.32 Å². The molecule has 0 aliphatic heterocycles. The molecule has 0 aliphatic carbocycles. The fourth-order valence-electron chi connectivity index (χ4n) is 1.98. The fraction of sp³-hybridized carbons (Fsp3) is 0.0667. The van der Waals surface area contributed by atoms with Gasteiger partial charge in [0, 0.05) is 6.07 Å². The van der Waals surface area contributed by atoms with Gasteiger partial charge in [0.25, 0.3) is 5.91 Å². The SMILES string of the molecule is Cc1cc(NC(=O)c2sccc2Cl)n(-c2ccccc2)n1. The molecule has 1 aromatic carbocycles. The van der Waals surface area contributed by atoms with Crippen molar-refractivity contribution in [3.8, 4) is 5.69 Å². The Morgan fingerprint density at radius 1 is 1.29 bits per heavy atom. The maximum absolute atomic E-state index is 12.3. The van der Waals surface area contributed by atoms with Gasteiger partial charge in [-0.25, -0.2) is 4.68 Å². The Morgan fingerprint density at radius 2 is 2.05 bits per heavy atom. The molecular weight excluding hydrogens is 306 g/mol. The summed E-state index contributed by atoms with van der Waals surface area (Å²) in [4.78, 5) is 12.8. The second kappa shape index (κ2) is 5.71. The van der Waals surface area contributed by atoms with Gasteiger partial charge in [-0.15, -0.1) is 11.3 Å². The number of nitrogens with zero attached hydrogens (tertiary/aromatic N) is 2. The van der Waals surface area contributed by atoms with Crippen LogP contribution in [0.2, 0.25) is 5.02 Å². The Kier molecular flexibility index (Phi) is 3.77. The van der Waals surface area contributed by atoms with Crippen LogP contribution in [-0.2, 0) is 0 Å². The van der Waals surface area contributed by atoms with Gasteiger partial charge in [-0.1, -0.05) is 29.8 Å². The number of thiophene rings is 1. The number of carbonyl (C=O) groups excluding carboxylic acids is 1. The Labute approximate surface area is 131 Å². The van der Waals surface area contributed by atoms with E-state index in [-0.39, 0.29) is 5.91 Å². The molecule has 3 rings (SSSR count). The minimum absolute atomic E-state index is 0.230. The molecule has 0 aliphatic rings. The molecule has 2 aromatic heterocycles. The third-order valence-corrected chi connectivity index (χ3v) is 4.24. The summed E-state index contributed by atoms with van der Waals surface area (Å²) in [6, 6.07) is 13.2. The lowest BCUT2D eigenvalue weighted by Gasteiger charge is -2.08. The Bertz CT molecular complexity index is 779. The standard InChI is InChI=1S/C15H12ClN3OS/c1-10-9-13(17-15(20)14-12(16)7-8-21-14)19(18-10)11-5-3-2-4-6-11/h2-9H,1H3,(H,17,20). The van der Waals surface area contributed by atoms with E-state index in [0.29, 0.717) is 15.7 Å². The van der Waals surface area contributed by atoms with E-state index in [4.69, 9.17) is 11.6 Å². The normalized spacial score (nSPS) is 10.6. The summed E-state index contributed by atoms with van der Waals surface area (Å²) in [7, 11) is 0. The van der Waals surface area contributed by atoms with E-state index in [1.165, 1.54) is 11.3 Å². The quantitative estimate of drug-likeness (QED) is 0.789. The lowest BCUT2D eigenvalue weighted by molar-refractivity contribution is 0.103. The van der Waals surface area contributed by atoms with E-state index in [2.05, 4.69) is 10.4 Å². The maximum atomic E-state index is 12.3. The van der Waals surface area contributed by atoms with Crippen LogP contribution in [0.3, 0.4) is 0 Å². The number of anilines is 1. The lowest BCUT2D eigenvalue weighted by atomic mass is 10.3. The van der Waals surface area contributed by atoms with Crippen LogP contribution in [0.25, 0.3) is 5.69 Å². The highest BCUT2D eigenvalue weighted by Crippen LogP contribution is 2.24. The molecule has 0 radical (unpaired) electrons. The molecule has 3 aromatic rings. The highest BCUT2D eigenvalue weighted by molar-refractivity contribution is 7.12. The average Bonchev–Trinajstić information content (AvgIpc) is 3.06. The van der Waals surface area contributed by atoms with E-state index in [1.54, 1.807) is 16.1 Å². The van der Waals surface area contributed by atoms with E-state index >= 15 is 0 Å². The minimum atomic E-state index is -0.230. The number of hydrogen-bond acceptors (Lipinski definition) is 3. The number of carbonyl (C=O) groups is 1. The van der Waals surface area contributed by atoms with Crippen LogP contribution >= 0.6 is 22.9 Å². The van der Waals surface area contributed by atoms with Gasteiger partial charge in [0.05, 0.1) is 16.4 Å². The first-order valence-electron chi connectivity index (χ1n) is 6.31. The average molecular weight is 318 g/mol. The second-order valence-electron chi connectivity index (χ2n) is 4.47. The van der Waals surface area contributed by atoms with Crippen LogP contribution in [0.15, 0.2) is 47.8 Å². The number of halogens is 1. The number of hydrogen-bond donors (Lipinski definition) is 1. The minimum Gasteiger partial charge on any atom is -0.306 e. The predicted octanol–water partition coefficient (Wildman–Crippen LogP) is 4.15. The highest BCUT2D eigenvalue weighted by Gasteiger charge is 2.15. The van der Waals surface area contributed by atoms with Crippen LogP contribution in [0.1, 0.15) is 15.4 Å². The fourth-order valence-corrected chi connectivity index (χ4v) is 3.02. The summed E-state index contributed by atoms with van der Waals surface area (Å²) < 4.78 is 1.70. The molecule has 0 atom stereocenters. The number of nitrogens with one attached hydrogen (secondary N) is 1. The second-order valence-corrected chi connectivity index (χ2v) is 5.79. The lowest BCUT2D eigenvalue weighted by Crippen LogP contribution is -2.14. The maximum Gasteiger partial charge on any atom is 0.268 e. The molecule has 21 heavy (non-hydrogen) atoms. The molecule has 106 valence electrons. The molecule has 0 saturated heterocycles. The molecule has 0 saturated carbocycles. The van der Waals surface area contributed by atoms with Crippen molar-refractivity contribution in [3.63, 3.8) is 0 Å². The molecule has 0 spiro atoms. The molecule has 2 heterocycles. The van der Waals surface area contributed by atoms with Crippen molar-refractivity contribution in [2.45, 2.75) is 6.92 Å². The van der Waals surface area contributed by atoms with Crippen molar-refractivity contribution < 1.29 is 4.79 Å². The molecule has 0 unspecified atom stereocenters. The van der Waals surface area contributed by atoms with Gasteiger partial charge in [-0.2, -0.15) is 5.10 Å². The Morgan fingerprint density at radius 3 is 2.71 bits per heavy atom. The number of rotatable bonds is 3. The molecule has 0 fully saturated rings. The number of amides is 1. The molecule has 0 bridgehead atoms. The summed E-state index contributed by atoms with van der Waals surface area (Å²) in [6.45, 7) is 1.88. The monoisotopic (exact) mass is 317 g/mol. The number of aromatic nitrogens is 2. The largest absolute Gasteiger partial charge is 0.306 e. The summed E-state index contributed by atoms with van der Waals surface area (Å²) in [5, 5.41) is 9.52. The summed E-state index contributed by atoms with van der Waals surface area (Å²) >= 11 is 7.30. The van der Waals surface area contributed by atoms with Crippen LogP contribution in [-0.4, -0.2) is 15.7 Å². The van der Waals surface area contributed by atoms with Gasteiger partial charge in [0.15, 0.2) is 0 Å². The number of benzene rings is 1.